The second kappa shape index (κ2) is 6.62. The fourth-order valence-electron chi connectivity index (χ4n) is 1.37. The van der Waals surface area contributed by atoms with Crippen molar-refractivity contribution in [2.75, 3.05) is 0 Å². The molecule has 0 amide bonds. The number of phenolic OH excluding ortho intramolecular Hbond substituents is 1. The molecule has 0 spiro atoms. The maximum atomic E-state index is 9.24. The molecule has 0 aromatic heterocycles. The molecular formula is C13H7Cl2N3OS. The second-order valence-corrected chi connectivity index (χ2v) is 5.28. The summed E-state index contributed by atoms with van der Waals surface area (Å²) < 4.78 is 0. The van der Waals surface area contributed by atoms with Crippen LogP contribution in [0.25, 0.3) is 0 Å². The quantitative estimate of drug-likeness (QED) is 0.448. The number of thioether (sulfide) groups is 1. The largest absolute Gasteiger partial charge is 0.508 e. The van der Waals surface area contributed by atoms with E-state index in [-0.39, 0.29) is 5.75 Å². The predicted molar refractivity (Wildman–Crippen MR) is 80.2 cm³/mol. The summed E-state index contributed by atoms with van der Waals surface area (Å²) in [6.45, 7) is 0. The first kappa shape index (κ1) is 14.7. The topological polar surface area (TPSA) is 68.7 Å². The Labute approximate surface area is 129 Å². The molecular weight excluding hydrogens is 317 g/mol. The van der Waals surface area contributed by atoms with E-state index in [4.69, 9.17) is 28.5 Å². The number of azo groups is 1. The highest BCUT2D eigenvalue weighted by molar-refractivity contribution is 8.03. The van der Waals surface area contributed by atoms with Gasteiger partial charge in [0.15, 0.2) is 0 Å². The lowest BCUT2D eigenvalue weighted by Gasteiger charge is -2.00. The van der Waals surface area contributed by atoms with Crippen LogP contribution in [0.3, 0.4) is 0 Å². The minimum absolute atomic E-state index is 0.0647. The Hall–Kier alpha value is -1.74. The van der Waals surface area contributed by atoms with E-state index >= 15 is 0 Å². The minimum atomic E-state index is 0.0647. The zero-order chi connectivity index (χ0) is 14.5. The van der Waals surface area contributed by atoms with Gasteiger partial charge in [-0.05, 0) is 42.1 Å². The highest BCUT2D eigenvalue weighted by Gasteiger charge is 2.03. The number of hydrogen-bond donors (Lipinski definition) is 1. The van der Waals surface area contributed by atoms with Gasteiger partial charge in [-0.1, -0.05) is 23.2 Å². The molecule has 0 aliphatic rings. The molecule has 0 bridgehead atoms. The summed E-state index contributed by atoms with van der Waals surface area (Å²) >= 11 is 12.9. The molecule has 0 radical (unpaired) electrons. The summed E-state index contributed by atoms with van der Waals surface area (Å²) in [5.74, 6) is 0.0647. The molecule has 7 heteroatoms. The number of phenols is 1. The van der Waals surface area contributed by atoms with Crippen LogP contribution < -0.4 is 0 Å². The van der Waals surface area contributed by atoms with Crippen molar-refractivity contribution in [3.8, 4) is 11.2 Å². The van der Waals surface area contributed by atoms with E-state index in [0.29, 0.717) is 26.3 Å². The maximum Gasteiger partial charge on any atom is 0.138 e. The van der Waals surface area contributed by atoms with Crippen LogP contribution in [0.1, 0.15) is 0 Å². The molecule has 2 rings (SSSR count). The van der Waals surface area contributed by atoms with Gasteiger partial charge in [0, 0.05) is 11.0 Å². The molecule has 0 fully saturated rings. The van der Waals surface area contributed by atoms with E-state index in [0.717, 1.165) is 11.8 Å². The van der Waals surface area contributed by atoms with Gasteiger partial charge in [0.25, 0.3) is 0 Å². The molecule has 0 aliphatic carbocycles. The number of nitriles is 1. The van der Waals surface area contributed by atoms with Crippen LogP contribution in [-0.2, 0) is 0 Å². The van der Waals surface area contributed by atoms with Crippen LogP contribution in [0.5, 0.6) is 5.75 Å². The molecule has 2 aromatic rings. The Bertz CT molecular complexity index is 713. The molecule has 20 heavy (non-hydrogen) atoms. The number of rotatable bonds is 3. The van der Waals surface area contributed by atoms with Crippen molar-refractivity contribution in [3.05, 3.63) is 46.4 Å². The van der Waals surface area contributed by atoms with E-state index in [9.17, 15) is 5.11 Å². The molecule has 1 N–H and O–H groups in total. The molecule has 0 heterocycles. The SMILES string of the molecule is N#CSc1ccc(N=Nc2ccc(O)cc2Cl)cc1Cl. The van der Waals surface area contributed by atoms with Crippen LogP contribution in [0.4, 0.5) is 11.4 Å². The second-order valence-electron chi connectivity index (χ2n) is 3.64. The van der Waals surface area contributed by atoms with Crippen LogP contribution in [0.2, 0.25) is 10.0 Å². The maximum absolute atomic E-state index is 9.24. The summed E-state index contributed by atoms with van der Waals surface area (Å²) in [6, 6.07) is 9.42. The van der Waals surface area contributed by atoms with Gasteiger partial charge in [0.1, 0.15) is 16.8 Å². The van der Waals surface area contributed by atoms with Crippen LogP contribution in [-0.4, -0.2) is 5.11 Å². The number of halogens is 2. The molecule has 2 aromatic carbocycles. The zero-order valence-electron chi connectivity index (χ0n) is 9.92. The number of aromatic hydroxyl groups is 1. The van der Waals surface area contributed by atoms with Crippen molar-refractivity contribution in [2.45, 2.75) is 4.90 Å². The van der Waals surface area contributed by atoms with Gasteiger partial charge < -0.3 is 5.11 Å². The first-order valence-electron chi connectivity index (χ1n) is 5.36. The lowest BCUT2D eigenvalue weighted by Crippen LogP contribution is -1.72. The normalized spacial score (nSPS) is 10.7. The summed E-state index contributed by atoms with van der Waals surface area (Å²) in [5.41, 5.74) is 0.984. The van der Waals surface area contributed by atoms with Gasteiger partial charge in [-0.3, -0.25) is 0 Å². The number of benzene rings is 2. The minimum Gasteiger partial charge on any atom is -0.508 e. The third kappa shape index (κ3) is 3.64. The van der Waals surface area contributed by atoms with Crippen molar-refractivity contribution < 1.29 is 5.11 Å². The van der Waals surface area contributed by atoms with Crippen LogP contribution >= 0.6 is 35.0 Å². The van der Waals surface area contributed by atoms with Crippen molar-refractivity contribution >= 4 is 46.3 Å². The monoisotopic (exact) mass is 323 g/mol. The molecule has 0 aliphatic heterocycles. The third-order valence-corrected chi connectivity index (χ3v) is 3.67. The highest BCUT2D eigenvalue weighted by atomic mass is 35.5. The van der Waals surface area contributed by atoms with E-state index in [1.54, 1.807) is 24.3 Å². The Morgan fingerprint density at radius 2 is 1.85 bits per heavy atom. The molecule has 0 unspecified atom stereocenters. The Morgan fingerprint density at radius 3 is 2.50 bits per heavy atom. The van der Waals surface area contributed by atoms with Gasteiger partial charge in [0.2, 0.25) is 0 Å². The van der Waals surface area contributed by atoms with Crippen LogP contribution in [0, 0.1) is 10.7 Å². The molecule has 0 saturated carbocycles. The average Bonchev–Trinajstić information content (AvgIpc) is 2.41. The molecule has 0 saturated heterocycles. The van der Waals surface area contributed by atoms with Gasteiger partial charge >= 0.3 is 0 Å². The van der Waals surface area contributed by atoms with Gasteiger partial charge in [0.05, 0.1) is 15.7 Å². The van der Waals surface area contributed by atoms with Gasteiger partial charge in [-0.2, -0.15) is 10.4 Å². The Balaban J connectivity index is 2.23. The number of thiocyanates is 1. The summed E-state index contributed by atoms with van der Waals surface area (Å²) in [7, 11) is 0. The summed E-state index contributed by atoms with van der Waals surface area (Å²) in [6.07, 6.45) is 0. The average molecular weight is 324 g/mol. The van der Waals surface area contributed by atoms with E-state index in [1.807, 2.05) is 5.40 Å². The van der Waals surface area contributed by atoms with E-state index in [2.05, 4.69) is 10.2 Å². The zero-order valence-corrected chi connectivity index (χ0v) is 12.2. The first-order valence-corrected chi connectivity index (χ1v) is 6.93. The van der Waals surface area contributed by atoms with Gasteiger partial charge in [-0.25, -0.2) is 0 Å². The van der Waals surface area contributed by atoms with Crippen molar-refractivity contribution in [1.82, 2.24) is 0 Å². The first-order chi connectivity index (χ1) is 9.60. The van der Waals surface area contributed by atoms with E-state index in [1.165, 1.54) is 12.1 Å². The number of hydrogen-bond acceptors (Lipinski definition) is 5. The van der Waals surface area contributed by atoms with Crippen molar-refractivity contribution in [1.29, 1.82) is 5.26 Å². The fraction of sp³-hybridized carbons (Fsp3) is 0. The fourth-order valence-corrected chi connectivity index (χ4v) is 2.27. The Kier molecular flexibility index (Phi) is 4.85. The summed E-state index contributed by atoms with van der Waals surface area (Å²) in [4.78, 5) is 0.663. The van der Waals surface area contributed by atoms with E-state index < -0.39 is 0 Å². The van der Waals surface area contributed by atoms with Crippen molar-refractivity contribution in [2.24, 2.45) is 10.2 Å². The summed E-state index contributed by atoms with van der Waals surface area (Å²) in [5, 5.41) is 28.5. The molecule has 100 valence electrons. The molecule has 0 atom stereocenters. The van der Waals surface area contributed by atoms with Gasteiger partial charge in [-0.15, -0.1) is 5.11 Å². The Morgan fingerprint density at radius 1 is 1.05 bits per heavy atom. The molecule has 4 nitrogen and oxygen atoms in total. The third-order valence-electron chi connectivity index (χ3n) is 2.28. The smallest absolute Gasteiger partial charge is 0.138 e. The van der Waals surface area contributed by atoms with Crippen LogP contribution in [0.15, 0.2) is 51.5 Å². The lowest BCUT2D eigenvalue weighted by molar-refractivity contribution is 0.475. The standard InChI is InChI=1S/C13H7Cl2N3OS/c14-10-6-9(19)2-3-12(10)18-17-8-1-4-13(20-7-16)11(15)5-8/h1-6,19H. The predicted octanol–water partition coefficient (Wildman–Crippen LogP) is 5.69. The highest BCUT2D eigenvalue weighted by Crippen LogP contribution is 2.32. The van der Waals surface area contributed by atoms with Crippen molar-refractivity contribution in [3.63, 3.8) is 0 Å². The number of nitrogens with zero attached hydrogens (tertiary/aromatic N) is 3. The lowest BCUT2D eigenvalue weighted by atomic mass is 10.3.